The minimum atomic E-state index is -1.11. The highest BCUT2D eigenvalue weighted by atomic mass is 32.3. The SMILES string of the molecule is C=C/C(=C\C=C/C)S(C)(c1ccccc1)C(C)(C)C. The molecule has 0 aliphatic heterocycles. The second-order valence-electron chi connectivity index (χ2n) is 5.64. The third-order valence-electron chi connectivity index (χ3n) is 3.56. The van der Waals surface area contributed by atoms with E-state index >= 15 is 0 Å². The van der Waals surface area contributed by atoms with Gasteiger partial charge in [0, 0.05) is 0 Å². The van der Waals surface area contributed by atoms with Gasteiger partial charge in [-0.15, -0.1) is 0 Å². The summed E-state index contributed by atoms with van der Waals surface area (Å²) in [6, 6.07) is 10.8. The zero-order valence-electron chi connectivity index (χ0n) is 12.8. The minimum Gasteiger partial charge on any atom is -0.186 e. The van der Waals surface area contributed by atoms with Gasteiger partial charge in [-0.3, -0.25) is 0 Å². The van der Waals surface area contributed by atoms with Crippen molar-refractivity contribution in [1.29, 1.82) is 0 Å². The molecule has 0 saturated carbocycles. The Kier molecular flexibility index (Phi) is 5.25. The van der Waals surface area contributed by atoms with Crippen molar-refractivity contribution in [2.45, 2.75) is 37.3 Å². The van der Waals surface area contributed by atoms with Crippen LogP contribution in [-0.2, 0) is 0 Å². The summed E-state index contributed by atoms with van der Waals surface area (Å²) in [5.41, 5.74) is 0. The van der Waals surface area contributed by atoms with E-state index in [0.717, 1.165) is 0 Å². The van der Waals surface area contributed by atoms with Crippen LogP contribution in [0.1, 0.15) is 27.7 Å². The van der Waals surface area contributed by atoms with Gasteiger partial charge in [-0.2, -0.15) is 10.0 Å². The molecule has 0 heterocycles. The van der Waals surface area contributed by atoms with Gasteiger partial charge < -0.3 is 0 Å². The summed E-state index contributed by atoms with van der Waals surface area (Å²) < 4.78 is 0.190. The van der Waals surface area contributed by atoms with Crippen molar-refractivity contribution in [2.24, 2.45) is 0 Å². The van der Waals surface area contributed by atoms with E-state index in [1.54, 1.807) is 0 Å². The molecule has 0 fully saturated rings. The fourth-order valence-corrected chi connectivity index (χ4v) is 5.17. The van der Waals surface area contributed by atoms with Gasteiger partial charge in [0.1, 0.15) is 0 Å². The average Bonchev–Trinajstić information content (AvgIpc) is 2.39. The molecule has 1 aromatic carbocycles. The third kappa shape index (κ3) is 3.22. The Hall–Kier alpha value is -1.21. The van der Waals surface area contributed by atoms with Crippen molar-refractivity contribution in [2.75, 3.05) is 6.26 Å². The van der Waals surface area contributed by atoms with E-state index in [0.29, 0.717) is 0 Å². The van der Waals surface area contributed by atoms with Gasteiger partial charge in [-0.05, 0) is 39.9 Å². The fraction of sp³-hybridized carbons (Fsp3) is 0.333. The van der Waals surface area contributed by atoms with Crippen LogP contribution in [-0.4, -0.2) is 11.0 Å². The molecule has 0 nitrogen and oxygen atoms in total. The highest BCUT2D eigenvalue weighted by Gasteiger charge is 2.35. The van der Waals surface area contributed by atoms with Crippen molar-refractivity contribution in [1.82, 2.24) is 0 Å². The lowest BCUT2D eigenvalue weighted by Crippen LogP contribution is -2.25. The summed E-state index contributed by atoms with van der Waals surface area (Å²) in [7, 11) is -1.11. The lowest BCUT2D eigenvalue weighted by molar-refractivity contribution is 0.787. The van der Waals surface area contributed by atoms with Gasteiger partial charge in [0.2, 0.25) is 0 Å². The molecule has 1 aromatic rings. The zero-order chi connectivity index (χ0) is 14.5. The Morgan fingerprint density at radius 1 is 1.16 bits per heavy atom. The lowest BCUT2D eigenvalue weighted by Gasteiger charge is -2.49. The first-order valence-electron chi connectivity index (χ1n) is 6.66. The average molecular weight is 274 g/mol. The van der Waals surface area contributed by atoms with Gasteiger partial charge >= 0.3 is 0 Å². The number of rotatable bonds is 4. The summed E-state index contributed by atoms with van der Waals surface area (Å²) in [4.78, 5) is 2.75. The molecule has 0 amide bonds. The van der Waals surface area contributed by atoms with E-state index in [-0.39, 0.29) is 4.75 Å². The maximum absolute atomic E-state index is 4.04. The normalized spacial score (nSPS) is 18.1. The van der Waals surface area contributed by atoms with Crippen LogP contribution in [0.2, 0.25) is 0 Å². The van der Waals surface area contributed by atoms with Gasteiger partial charge in [0.25, 0.3) is 0 Å². The molecule has 0 aromatic heterocycles. The summed E-state index contributed by atoms with van der Waals surface area (Å²) in [5.74, 6) is 0. The Balaban J connectivity index is 3.49. The van der Waals surface area contributed by atoms with Crippen LogP contribution in [0.25, 0.3) is 0 Å². The molecule has 1 atom stereocenters. The van der Waals surface area contributed by atoms with Crippen molar-refractivity contribution in [3.05, 3.63) is 66.1 Å². The Bertz CT molecular complexity index is 474. The predicted octanol–water partition coefficient (Wildman–Crippen LogP) is 5.92. The predicted molar refractivity (Wildman–Crippen MR) is 91.1 cm³/mol. The van der Waals surface area contributed by atoms with E-state index < -0.39 is 10.0 Å². The van der Waals surface area contributed by atoms with Crippen molar-refractivity contribution >= 4 is 10.0 Å². The molecule has 0 aliphatic rings. The molecule has 0 saturated heterocycles. The molecule has 104 valence electrons. The molecular formula is C18H26S. The van der Waals surface area contributed by atoms with E-state index in [1.807, 2.05) is 13.0 Å². The first-order chi connectivity index (χ1) is 8.87. The van der Waals surface area contributed by atoms with Crippen molar-refractivity contribution < 1.29 is 0 Å². The molecule has 1 heteroatoms. The molecule has 0 bridgehead atoms. The standard InChI is InChI=1S/C18H26S/c1-7-9-13-16(8-2)19(6,18(3,4)5)17-14-11-10-12-15-17/h7-15H,2H2,1,3-6H3/b9-7-,16-13+. The number of benzene rings is 1. The zero-order valence-corrected chi connectivity index (χ0v) is 13.6. The Morgan fingerprint density at radius 3 is 2.16 bits per heavy atom. The first-order valence-corrected chi connectivity index (χ1v) is 8.70. The first kappa shape index (κ1) is 15.8. The van der Waals surface area contributed by atoms with Crippen LogP contribution in [0.15, 0.2) is 71.0 Å². The topological polar surface area (TPSA) is 0 Å². The van der Waals surface area contributed by atoms with Crippen molar-refractivity contribution in [3.8, 4) is 0 Å². The van der Waals surface area contributed by atoms with E-state index in [4.69, 9.17) is 0 Å². The molecule has 0 aliphatic carbocycles. The van der Waals surface area contributed by atoms with Gasteiger partial charge in [0.15, 0.2) is 0 Å². The molecule has 1 rings (SSSR count). The van der Waals surface area contributed by atoms with Crippen LogP contribution in [0.4, 0.5) is 0 Å². The van der Waals surface area contributed by atoms with Crippen LogP contribution >= 0.6 is 10.0 Å². The molecule has 0 radical (unpaired) electrons. The van der Waals surface area contributed by atoms with Crippen LogP contribution in [0, 0.1) is 0 Å². The third-order valence-corrected chi connectivity index (χ3v) is 8.47. The number of allylic oxidation sites excluding steroid dienone is 4. The quantitative estimate of drug-likeness (QED) is 0.597. The van der Waals surface area contributed by atoms with Crippen molar-refractivity contribution in [3.63, 3.8) is 0 Å². The summed E-state index contributed by atoms with van der Waals surface area (Å²) in [6.07, 6.45) is 10.8. The smallest absolute Gasteiger partial charge is 0.000784 e. The molecule has 0 N–H and O–H groups in total. The molecular weight excluding hydrogens is 248 g/mol. The number of hydrogen-bond acceptors (Lipinski definition) is 0. The van der Waals surface area contributed by atoms with Gasteiger partial charge in [-0.1, -0.05) is 69.9 Å². The second-order valence-corrected chi connectivity index (χ2v) is 9.65. The molecule has 1 unspecified atom stereocenters. The minimum absolute atomic E-state index is 0.190. The summed E-state index contributed by atoms with van der Waals surface area (Å²) in [5, 5.41) is 0. The highest BCUT2D eigenvalue weighted by molar-refractivity contribution is 8.37. The second kappa shape index (κ2) is 6.29. The summed E-state index contributed by atoms with van der Waals surface area (Å²) in [6.45, 7) is 13.0. The van der Waals surface area contributed by atoms with Gasteiger partial charge in [-0.25, -0.2) is 0 Å². The maximum Gasteiger partial charge on any atom is -0.000784 e. The van der Waals surface area contributed by atoms with E-state index in [2.05, 4.69) is 82.2 Å². The molecule has 19 heavy (non-hydrogen) atoms. The summed E-state index contributed by atoms with van der Waals surface area (Å²) >= 11 is 0. The Labute approximate surface area is 120 Å². The van der Waals surface area contributed by atoms with Gasteiger partial charge in [0.05, 0.1) is 0 Å². The van der Waals surface area contributed by atoms with Crippen LogP contribution in [0.3, 0.4) is 0 Å². The maximum atomic E-state index is 4.04. The van der Waals surface area contributed by atoms with Crippen LogP contribution < -0.4 is 0 Å². The Morgan fingerprint density at radius 2 is 1.74 bits per heavy atom. The fourth-order valence-electron chi connectivity index (χ4n) is 2.10. The highest BCUT2D eigenvalue weighted by Crippen LogP contribution is 2.68. The lowest BCUT2D eigenvalue weighted by atomic mass is 10.3. The number of hydrogen-bond donors (Lipinski definition) is 0. The molecule has 0 spiro atoms. The van der Waals surface area contributed by atoms with E-state index in [9.17, 15) is 0 Å². The van der Waals surface area contributed by atoms with Crippen LogP contribution in [0.5, 0.6) is 0 Å². The van der Waals surface area contributed by atoms with E-state index in [1.165, 1.54) is 9.80 Å². The monoisotopic (exact) mass is 274 g/mol. The largest absolute Gasteiger partial charge is 0.186 e.